The zero-order valence-corrected chi connectivity index (χ0v) is 63.1. The van der Waals surface area contributed by atoms with Crippen molar-refractivity contribution in [1.29, 1.82) is 0 Å². The quantitative estimate of drug-likeness (QED) is 0.0344. The molecule has 6 aliphatic heterocycles. The van der Waals surface area contributed by atoms with E-state index in [1.165, 1.54) is 257 Å². The first-order valence-corrected chi connectivity index (χ1v) is 45.9. The van der Waals surface area contributed by atoms with E-state index in [0.29, 0.717) is 0 Å². The van der Waals surface area contributed by atoms with Crippen LogP contribution in [0.4, 0.5) is 34.1 Å². The van der Waals surface area contributed by atoms with Crippen molar-refractivity contribution in [1.82, 2.24) is 0 Å². The number of hydrogen-bond acceptors (Lipinski definition) is 6. The number of allylic oxidation sites excluding steroid dienone is 1. The number of hydrogen-bond donors (Lipinski definition) is 0. The molecule has 2 unspecified atom stereocenters. The summed E-state index contributed by atoms with van der Waals surface area (Å²) in [6.45, 7) is 31.2. The lowest BCUT2D eigenvalue weighted by Crippen LogP contribution is -2.79. The third kappa shape index (κ3) is 16.1. The monoisotopic (exact) mass is 1350 g/mol. The van der Waals surface area contributed by atoms with Gasteiger partial charge in [0.2, 0.25) is 0 Å². The van der Waals surface area contributed by atoms with E-state index in [4.69, 9.17) is 15.0 Å². The third-order valence-electron chi connectivity index (χ3n) is 22.7. The Morgan fingerprint density at radius 2 is 0.684 bits per heavy atom. The van der Waals surface area contributed by atoms with Crippen molar-refractivity contribution < 1.29 is 0 Å². The van der Waals surface area contributed by atoms with Crippen LogP contribution in [0.2, 0.25) is 25.2 Å². The largest absolute Gasteiger partial charge is 0.372 e. The fraction of sp³-hybridized carbons (Fsp3) is 0.404. The Morgan fingerprint density at radius 1 is 0.347 bits per heavy atom. The summed E-state index contributed by atoms with van der Waals surface area (Å²) >= 11 is 0. The van der Waals surface area contributed by atoms with Crippen LogP contribution < -0.4 is 87.9 Å². The van der Waals surface area contributed by atoms with Crippen molar-refractivity contribution in [3.8, 4) is 0 Å². The molecule has 2 atom stereocenters. The summed E-state index contributed by atoms with van der Waals surface area (Å²) in [7, 11) is -6.32. The lowest BCUT2D eigenvalue weighted by molar-refractivity contribution is 0.531. The molecule has 0 spiro atoms. The van der Waals surface area contributed by atoms with Crippen LogP contribution in [0.3, 0.4) is 0 Å². The lowest BCUT2D eigenvalue weighted by Gasteiger charge is -2.38. The molecule has 3 saturated heterocycles. The summed E-state index contributed by atoms with van der Waals surface area (Å²) in [4.78, 5) is 23.0. The summed E-state index contributed by atoms with van der Waals surface area (Å²) in [5.41, 5.74) is 7.62. The van der Waals surface area contributed by atoms with Gasteiger partial charge in [-0.1, -0.05) is 246 Å². The summed E-state index contributed by atoms with van der Waals surface area (Å²) in [6.07, 6.45) is 36.8. The first-order valence-electron chi connectivity index (χ1n) is 38.5. The minimum absolute atomic E-state index is 1.04. The lowest BCUT2D eigenvalue weighted by atomic mass is 10.0. The Balaban J connectivity index is 0.000000143. The fourth-order valence-electron chi connectivity index (χ4n) is 17.1. The van der Waals surface area contributed by atoms with Crippen LogP contribution in [-0.4, -0.2) is 63.5 Å². The molecule has 510 valence electrons. The van der Waals surface area contributed by atoms with Crippen LogP contribution in [0, 0.1) is 0 Å². The molecule has 98 heavy (non-hydrogen) atoms. The van der Waals surface area contributed by atoms with Crippen molar-refractivity contribution in [3.63, 3.8) is 0 Å². The van der Waals surface area contributed by atoms with Crippen molar-refractivity contribution in [2.24, 2.45) is 15.0 Å². The van der Waals surface area contributed by atoms with Crippen LogP contribution in [0.5, 0.6) is 0 Å². The summed E-state index contributed by atoms with van der Waals surface area (Å²) < 4.78 is 0. The predicted molar refractivity (Wildman–Crippen MR) is 433 cm³/mol. The minimum Gasteiger partial charge on any atom is -0.372 e. The highest BCUT2D eigenvalue weighted by Gasteiger charge is 2.46. The highest BCUT2D eigenvalue weighted by molar-refractivity contribution is 7.20. The molecule has 8 aromatic carbocycles. The highest BCUT2D eigenvalue weighted by Crippen LogP contribution is 2.31. The van der Waals surface area contributed by atoms with Crippen molar-refractivity contribution in [2.45, 2.75) is 193 Å². The molecule has 0 saturated carbocycles. The average molecular weight is 1350 g/mol. The van der Waals surface area contributed by atoms with E-state index in [9.17, 15) is 0 Å². The average Bonchev–Trinajstić information content (AvgIpc) is 0.721. The Bertz CT molecular complexity index is 4310. The van der Waals surface area contributed by atoms with Crippen molar-refractivity contribution in [2.75, 3.05) is 54.0 Å². The second kappa shape index (κ2) is 33.6. The Morgan fingerprint density at radius 3 is 1.08 bits per heavy atom. The highest BCUT2D eigenvalue weighted by atomic mass is 28.3. The molecule has 0 aliphatic carbocycles. The molecule has 6 nitrogen and oxygen atoms in total. The van der Waals surface area contributed by atoms with Gasteiger partial charge in [-0.15, -0.1) is 6.58 Å². The van der Waals surface area contributed by atoms with E-state index in [2.05, 4.69) is 237 Å². The maximum absolute atomic E-state index is 5.17. The van der Waals surface area contributed by atoms with Gasteiger partial charge >= 0.3 is 0 Å². The number of nitrogens with zero attached hydrogens (tertiary/aromatic N) is 6. The Hall–Kier alpha value is -7.44. The maximum atomic E-state index is 5.17. The van der Waals surface area contributed by atoms with E-state index < -0.39 is 24.2 Å². The van der Waals surface area contributed by atoms with Gasteiger partial charge in [0, 0.05) is 56.3 Å². The topological polar surface area (TPSA) is 46.8 Å². The van der Waals surface area contributed by atoms with Crippen LogP contribution in [0.1, 0.15) is 167 Å². The molecular weight excluding hydrogens is 1240 g/mol. The van der Waals surface area contributed by atoms with Gasteiger partial charge in [-0.25, -0.2) is 15.0 Å². The van der Waals surface area contributed by atoms with Crippen LogP contribution in [0.15, 0.2) is 197 Å². The van der Waals surface area contributed by atoms with E-state index in [0.717, 1.165) is 56.9 Å². The third-order valence-corrected chi connectivity index (χ3v) is 36.3. The van der Waals surface area contributed by atoms with Crippen LogP contribution >= 0.6 is 0 Å². The number of fused-ring (bicyclic) bond motifs is 6. The normalized spacial score (nSPS) is 18.6. The van der Waals surface area contributed by atoms with Gasteiger partial charge < -0.3 is 14.7 Å². The van der Waals surface area contributed by atoms with Gasteiger partial charge in [0.1, 0.15) is 16.1 Å². The summed E-state index contributed by atoms with van der Waals surface area (Å²) in [6, 6.07) is 65.5. The molecule has 14 rings (SSSR count). The first kappa shape index (κ1) is 70.4. The molecule has 3 fully saturated rings. The van der Waals surface area contributed by atoms with E-state index in [1.54, 1.807) is 5.19 Å². The van der Waals surface area contributed by atoms with Gasteiger partial charge in [0.25, 0.3) is 0 Å². The summed E-state index contributed by atoms with van der Waals surface area (Å²) in [5.74, 6) is 0. The SMILES string of the molecule is C=CC[Si]1(C)c2cc(N3CCCCC3)ccc2N=c2ccc(=C)cc21.C=c1ccc2c(c1)[Si](C)(CCCCCCCCCCCCCCCCCC)c1cc(N3CCCCC3)ccc1N=2.C=c1ccc2c(c1)[Si](c1ccccc1)(c1ccccc1)c1cc(N3CCCCC3)ccc1N=2. The van der Waals surface area contributed by atoms with E-state index >= 15 is 0 Å². The maximum Gasteiger partial charge on any atom is 0.184 e. The zero-order valence-electron chi connectivity index (χ0n) is 60.1. The molecule has 6 heterocycles. The van der Waals surface area contributed by atoms with Gasteiger partial charge in [-0.2, -0.15) is 0 Å². The number of anilines is 3. The fourth-order valence-corrected chi connectivity index (χ4v) is 30.0. The Labute approximate surface area is 591 Å². The summed E-state index contributed by atoms with van der Waals surface area (Å²) in [5, 5.41) is 18.1. The molecule has 8 aromatic rings. The molecule has 0 bridgehead atoms. The smallest absolute Gasteiger partial charge is 0.184 e. The standard InChI is InChI=1S/C37H58N2Si.C30H28N2Si.C22H26N2Si/c1-4-5-6-7-8-9-10-11-12-13-14-15-16-17-18-22-29-40(3)36-30-32(2)23-25-34(36)38-35-26-24-33(31-37(35)40)39-27-20-19-21-28-39;1-23-15-17-27-29(21-23)33(25-11-5-2-6-12-25,26-13-7-3-8-14-26)30-22-24(16-18-28(30)31-27)32-19-9-4-10-20-32;1-4-14-25(3)21-15-17(2)8-10-19(21)23-20-11-9-18(16-22(20)25)24-12-6-5-7-13-24/h23-26,30-31H,2,4-22,27-29H2,1,3H3;2-3,5-8,11-18,21-22H,1,4,9-10,19-20H2;4,8-11,15-16H,1-2,5-7,12-14H2,3H3. The second-order valence-corrected chi connectivity index (χ2v) is 42.0. The van der Waals surface area contributed by atoms with Gasteiger partial charge in [0.15, 0.2) is 8.07 Å². The number of benzene rings is 8. The molecule has 0 N–H and O–H groups in total. The predicted octanol–water partition coefficient (Wildman–Crippen LogP) is 14.3. The van der Waals surface area contributed by atoms with Crippen molar-refractivity contribution in [3.05, 3.63) is 214 Å². The number of unbranched alkanes of at least 4 members (excludes halogenated alkanes) is 15. The molecule has 6 aliphatic rings. The zero-order chi connectivity index (χ0) is 67.7. The minimum atomic E-state index is -2.56. The van der Waals surface area contributed by atoms with Crippen LogP contribution in [-0.2, 0) is 0 Å². The molecule has 0 amide bonds. The molecule has 0 radical (unpaired) electrons. The number of piperidine rings is 3. The first-order chi connectivity index (χ1) is 48.0. The van der Waals surface area contributed by atoms with Crippen molar-refractivity contribution >= 4 is 120 Å². The van der Waals surface area contributed by atoms with Gasteiger partial charge in [-0.3, -0.25) is 0 Å². The van der Waals surface area contributed by atoms with E-state index in [-0.39, 0.29) is 0 Å². The van der Waals surface area contributed by atoms with Gasteiger partial charge in [-0.05, 0) is 200 Å². The van der Waals surface area contributed by atoms with E-state index in [1.807, 2.05) is 0 Å². The molecular formula is C89H112N6Si3. The van der Waals surface area contributed by atoms with Gasteiger partial charge in [0.05, 0.1) is 33.1 Å². The molecule has 9 heteroatoms. The van der Waals surface area contributed by atoms with Crippen LogP contribution in [0.25, 0.3) is 19.7 Å². The molecule has 0 aromatic heterocycles. The number of rotatable bonds is 24. The second-order valence-electron chi connectivity index (χ2n) is 29.8. The Kier molecular flexibility index (Phi) is 24.2.